The van der Waals surface area contributed by atoms with E-state index in [0.717, 1.165) is 5.82 Å². The van der Waals surface area contributed by atoms with E-state index < -0.39 is 6.17 Å². The largest absolute Gasteiger partial charge is 0.478 e. The van der Waals surface area contributed by atoms with Gasteiger partial charge in [-0.3, -0.25) is 4.90 Å². The first-order valence-electron chi connectivity index (χ1n) is 8.38. The van der Waals surface area contributed by atoms with Crippen molar-refractivity contribution in [3.63, 3.8) is 0 Å². The van der Waals surface area contributed by atoms with Crippen LogP contribution in [0.2, 0.25) is 0 Å². The molecule has 0 spiro atoms. The molecule has 2 aromatic heterocycles. The predicted octanol–water partition coefficient (Wildman–Crippen LogP) is 1.62. The van der Waals surface area contributed by atoms with Gasteiger partial charge in [-0.1, -0.05) is 5.16 Å². The Bertz CT molecular complexity index is 697. The van der Waals surface area contributed by atoms with Crippen LogP contribution in [0.4, 0.5) is 10.2 Å². The normalized spacial score (nSPS) is 20.8. The van der Waals surface area contributed by atoms with Gasteiger partial charge >= 0.3 is 0 Å². The van der Waals surface area contributed by atoms with Crippen LogP contribution < -0.4 is 9.64 Å². The van der Waals surface area contributed by atoms with Gasteiger partial charge in [0.05, 0.1) is 13.2 Å². The number of likely N-dealkylation sites (tertiary alicyclic amines) is 1. The van der Waals surface area contributed by atoms with Crippen LogP contribution in [0.15, 0.2) is 16.9 Å². The van der Waals surface area contributed by atoms with Crippen molar-refractivity contribution in [3.05, 3.63) is 24.1 Å². The van der Waals surface area contributed by atoms with Crippen LogP contribution in [0.3, 0.4) is 0 Å². The molecule has 2 atom stereocenters. The average molecular weight is 350 g/mol. The number of rotatable bonds is 7. The van der Waals surface area contributed by atoms with Crippen molar-refractivity contribution < 1.29 is 13.7 Å². The van der Waals surface area contributed by atoms with Crippen LogP contribution >= 0.6 is 0 Å². The molecule has 1 aliphatic heterocycles. The molecule has 8 nitrogen and oxygen atoms in total. The Morgan fingerprint density at radius 2 is 2.28 bits per heavy atom. The molecule has 0 radical (unpaired) electrons. The molecule has 0 saturated carbocycles. The van der Waals surface area contributed by atoms with E-state index in [2.05, 4.69) is 25.0 Å². The molecule has 0 bridgehead atoms. The number of ether oxygens (including phenoxy) is 1. The SMILES string of the molecule is CCOc1cc(N(C)C[C@@H]2C[C@H](F)CN2Cc2noc(C)n2)ncn1. The fourth-order valence-electron chi connectivity index (χ4n) is 3.07. The summed E-state index contributed by atoms with van der Waals surface area (Å²) in [5.74, 6) is 2.38. The van der Waals surface area contributed by atoms with E-state index in [9.17, 15) is 4.39 Å². The highest BCUT2D eigenvalue weighted by Crippen LogP contribution is 2.24. The van der Waals surface area contributed by atoms with Crippen LogP contribution in [0.1, 0.15) is 25.1 Å². The van der Waals surface area contributed by atoms with Gasteiger partial charge in [-0.25, -0.2) is 14.4 Å². The van der Waals surface area contributed by atoms with Crippen LogP contribution in [-0.2, 0) is 6.54 Å². The van der Waals surface area contributed by atoms with Crippen molar-refractivity contribution in [2.24, 2.45) is 0 Å². The maximum absolute atomic E-state index is 14.0. The van der Waals surface area contributed by atoms with E-state index in [-0.39, 0.29) is 6.04 Å². The molecule has 25 heavy (non-hydrogen) atoms. The molecular weight excluding hydrogens is 327 g/mol. The second-order valence-electron chi connectivity index (χ2n) is 6.17. The number of aryl methyl sites for hydroxylation is 1. The molecule has 0 unspecified atom stereocenters. The lowest BCUT2D eigenvalue weighted by molar-refractivity contribution is 0.228. The van der Waals surface area contributed by atoms with Crippen molar-refractivity contribution in [2.45, 2.75) is 39.0 Å². The number of hydrogen-bond acceptors (Lipinski definition) is 8. The summed E-state index contributed by atoms with van der Waals surface area (Å²) in [5.41, 5.74) is 0. The number of halogens is 1. The molecule has 0 N–H and O–H groups in total. The minimum Gasteiger partial charge on any atom is -0.478 e. The Balaban J connectivity index is 1.66. The molecule has 9 heteroatoms. The zero-order valence-corrected chi connectivity index (χ0v) is 14.7. The van der Waals surface area contributed by atoms with Crippen LogP contribution in [0.25, 0.3) is 0 Å². The van der Waals surface area contributed by atoms with Crippen molar-refractivity contribution in [1.29, 1.82) is 0 Å². The summed E-state index contributed by atoms with van der Waals surface area (Å²) in [5, 5.41) is 3.91. The highest BCUT2D eigenvalue weighted by molar-refractivity contribution is 5.40. The van der Waals surface area contributed by atoms with Gasteiger partial charge in [-0.15, -0.1) is 0 Å². The van der Waals surface area contributed by atoms with Crippen molar-refractivity contribution in [1.82, 2.24) is 25.0 Å². The second-order valence-corrected chi connectivity index (χ2v) is 6.17. The fraction of sp³-hybridized carbons (Fsp3) is 0.625. The molecule has 136 valence electrons. The van der Waals surface area contributed by atoms with Crippen LogP contribution in [0.5, 0.6) is 5.88 Å². The minimum absolute atomic E-state index is 0.0457. The maximum Gasteiger partial charge on any atom is 0.223 e. The van der Waals surface area contributed by atoms with Crippen LogP contribution in [-0.4, -0.2) is 64.0 Å². The zero-order chi connectivity index (χ0) is 17.8. The van der Waals surface area contributed by atoms with E-state index in [0.29, 0.717) is 50.3 Å². The van der Waals surface area contributed by atoms with Gasteiger partial charge < -0.3 is 14.2 Å². The summed E-state index contributed by atoms with van der Waals surface area (Å²) in [7, 11) is 1.93. The highest BCUT2D eigenvalue weighted by atomic mass is 19.1. The molecule has 3 heterocycles. The van der Waals surface area contributed by atoms with Crippen molar-refractivity contribution in [2.75, 3.05) is 31.6 Å². The van der Waals surface area contributed by atoms with Crippen LogP contribution in [0, 0.1) is 6.92 Å². The third-order valence-corrected chi connectivity index (χ3v) is 4.19. The lowest BCUT2D eigenvalue weighted by Crippen LogP contribution is -2.39. The first kappa shape index (κ1) is 17.5. The Morgan fingerprint density at radius 1 is 1.44 bits per heavy atom. The van der Waals surface area contributed by atoms with Gasteiger partial charge in [0.25, 0.3) is 0 Å². The molecule has 1 fully saturated rings. The second kappa shape index (κ2) is 7.73. The van der Waals surface area contributed by atoms with Gasteiger partial charge in [-0.2, -0.15) is 4.98 Å². The molecule has 3 rings (SSSR count). The number of alkyl halides is 1. The van der Waals surface area contributed by atoms with E-state index in [4.69, 9.17) is 9.26 Å². The smallest absolute Gasteiger partial charge is 0.223 e. The molecule has 0 aliphatic carbocycles. The lowest BCUT2D eigenvalue weighted by atomic mass is 10.2. The van der Waals surface area contributed by atoms with Crippen molar-refractivity contribution in [3.8, 4) is 5.88 Å². The van der Waals surface area contributed by atoms with Gasteiger partial charge in [0.2, 0.25) is 11.8 Å². The topological polar surface area (TPSA) is 80.4 Å². The molecule has 2 aromatic rings. The number of nitrogens with zero attached hydrogens (tertiary/aromatic N) is 6. The maximum atomic E-state index is 14.0. The van der Waals surface area contributed by atoms with Crippen molar-refractivity contribution >= 4 is 5.82 Å². The summed E-state index contributed by atoms with van der Waals surface area (Å²) in [6, 6.07) is 1.84. The first-order valence-corrected chi connectivity index (χ1v) is 8.38. The summed E-state index contributed by atoms with van der Waals surface area (Å²) in [4.78, 5) is 16.6. The molecule has 1 aliphatic rings. The molecular formula is C16H23FN6O2. The summed E-state index contributed by atoms with van der Waals surface area (Å²) in [6.07, 6.45) is 1.10. The predicted molar refractivity (Wildman–Crippen MR) is 89.2 cm³/mol. The van der Waals surface area contributed by atoms with E-state index in [1.165, 1.54) is 6.33 Å². The standard InChI is InChI=1S/C16H23FN6O2/c1-4-24-16-6-15(18-10-19-16)22(3)8-13-5-12(17)7-23(13)9-14-20-11(2)25-21-14/h6,10,12-13H,4-5,7-9H2,1-3H3/t12-,13-/m0/s1. The molecule has 0 aromatic carbocycles. The Kier molecular flexibility index (Phi) is 5.42. The van der Waals surface area contributed by atoms with Gasteiger partial charge in [0, 0.05) is 39.2 Å². The fourth-order valence-corrected chi connectivity index (χ4v) is 3.07. The minimum atomic E-state index is -0.851. The number of hydrogen-bond donors (Lipinski definition) is 0. The third-order valence-electron chi connectivity index (χ3n) is 4.19. The zero-order valence-electron chi connectivity index (χ0n) is 14.7. The van der Waals surface area contributed by atoms with E-state index in [1.54, 1.807) is 13.0 Å². The summed E-state index contributed by atoms with van der Waals surface area (Å²) in [6.45, 7) is 5.69. The summed E-state index contributed by atoms with van der Waals surface area (Å²) < 4.78 is 24.4. The third kappa shape index (κ3) is 4.41. The van der Waals surface area contributed by atoms with Gasteiger partial charge in [0.15, 0.2) is 5.82 Å². The quantitative estimate of drug-likeness (QED) is 0.745. The molecule has 0 amide bonds. The van der Waals surface area contributed by atoms with E-state index in [1.807, 2.05) is 18.9 Å². The monoisotopic (exact) mass is 350 g/mol. The number of anilines is 1. The Hall–Kier alpha value is -2.29. The lowest BCUT2D eigenvalue weighted by Gasteiger charge is -2.28. The van der Waals surface area contributed by atoms with E-state index >= 15 is 0 Å². The summed E-state index contributed by atoms with van der Waals surface area (Å²) >= 11 is 0. The Labute approximate surface area is 146 Å². The molecule has 1 saturated heterocycles. The van der Waals surface area contributed by atoms with Gasteiger partial charge in [-0.05, 0) is 13.3 Å². The first-order chi connectivity index (χ1) is 12.0. The Morgan fingerprint density at radius 3 is 3.00 bits per heavy atom. The average Bonchev–Trinajstić information content (AvgIpc) is 3.14. The number of aromatic nitrogens is 4. The van der Waals surface area contributed by atoms with Gasteiger partial charge in [0.1, 0.15) is 18.3 Å². The number of likely N-dealkylation sites (N-methyl/N-ethyl adjacent to an activating group) is 1. The highest BCUT2D eigenvalue weighted by Gasteiger charge is 2.33.